The Bertz CT molecular complexity index is 1230. The highest BCUT2D eigenvalue weighted by molar-refractivity contribution is 7.95. The molecule has 0 saturated carbocycles. The molecule has 0 unspecified atom stereocenters. The summed E-state index contributed by atoms with van der Waals surface area (Å²) in [5, 5.41) is 9.34. The zero-order chi connectivity index (χ0) is 21.0. The summed E-state index contributed by atoms with van der Waals surface area (Å²) in [5.74, 6) is -0.743. The van der Waals surface area contributed by atoms with E-state index in [0.29, 0.717) is 11.3 Å². The lowest BCUT2D eigenvalue weighted by molar-refractivity contribution is 0.0601. The first-order valence-electron chi connectivity index (χ1n) is 8.27. The van der Waals surface area contributed by atoms with Crippen molar-refractivity contribution >= 4 is 21.9 Å². The maximum atomic E-state index is 13.1. The van der Waals surface area contributed by atoms with Gasteiger partial charge in [-0.05, 0) is 42.5 Å². The lowest BCUT2D eigenvalue weighted by Gasteiger charge is -2.05. The molecule has 0 radical (unpaired) electrons. The summed E-state index contributed by atoms with van der Waals surface area (Å²) in [5.41, 5.74) is 0.734. The van der Waals surface area contributed by atoms with Crippen LogP contribution in [-0.2, 0) is 14.6 Å². The number of methoxy groups -OCH3 is 1. The SMILES string of the molecule is COC(=O)c1ccccc1-c1ccc(/C=C(/C#N)S(=O)(=O)c2ccc(F)cc2)o1. The van der Waals surface area contributed by atoms with Crippen molar-refractivity contribution in [2.75, 3.05) is 7.11 Å². The van der Waals surface area contributed by atoms with Gasteiger partial charge in [0.25, 0.3) is 0 Å². The predicted molar refractivity (Wildman–Crippen MR) is 103 cm³/mol. The van der Waals surface area contributed by atoms with Crippen molar-refractivity contribution in [1.82, 2.24) is 0 Å². The molecular formula is C21H14FNO5S. The summed E-state index contributed by atoms with van der Waals surface area (Å²) < 4.78 is 48.7. The van der Waals surface area contributed by atoms with Crippen molar-refractivity contribution in [3.63, 3.8) is 0 Å². The van der Waals surface area contributed by atoms with Gasteiger partial charge in [0.2, 0.25) is 9.84 Å². The molecule has 3 rings (SSSR count). The zero-order valence-corrected chi connectivity index (χ0v) is 15.9. The molecule has 0 spiro atoms. The Labute approximate surface area is 166 Å². The van der Waals surface area contributed by atoms with Crippen LogP contribution in [0, 0.1) is 17.1 Å². The molecule has 0 amide bonds. The lowest BCUT2D eigenvalue weighted by Crippen LogP contribution is -2.03. The minimum Gasteiger partial charge on any atom is -0.465 e. The molecule has 2 aromatic carbocycles. The fourth-order valence-corrected chi connectivity index (χ4v) is 3.74. The smallest absolute Gasteiger partial charge is 0.338 e. The highest BCUT2D eigenvalue weighted by Crippen LogP contribution is 2.28. The van der Waals surface area contributed by atoms with Crippen LogP contribution in [0.15, 0.2) is 74.9 Å². The third-order valence-electron chi connectivity index (χ3n) is 4.02. The molecule has 1 heterocycles. The second-order valence-corrected chi connectivity index (χ2v) is 7.74. The first kappa shape index (κ1) is 20.0. The van der Waals surface area contributed by atoms with E-state index in [-0.39, 0.29) is 16.2 Å². The summed E-state index contributed by atoms with van der Waals surface area (Å²) in [6, 6.07) is 15.4. The van der Waals surface area contributed by atoms with Crippen LogP contribution in [0.5, 0.6) is 0 Å². The minimum absolute atomic E-state index is 0.0990. The van der Waals surface area contributed by atoms with E-state index in [2.05, 4.69) is 0 Å². The first-order valence-corrected chi connectivity index (χ1v) is 9.75. The van der Waals surface area contributed by atoms with Crippen molar-refractivity contribution in [3.8, 4) is 17.4 Å². The highest BCUT2D eigenvalue weighted by Gasteiger charge is 2.22. The van der Waals surface area contributed by atoms with Gasteiger partial charge in [0, 0.05) is 11.6 Å². The van der Waals surface area contributed by atoms with Gasteiger partial charge in [-0.1, -0.05) is 18.2 Å². The predicted octanol–water partition coefficient (Wildman–Crippen LogP) is 4.21. The van der Waals surface area contributed by atoms with Crippen LogP contribution in [0.3, 0.4) is 0 Å². The number of halogens is 1. The number of allylic oxidation sites excluding steroid dienone is 1. The average Bonchev–Trinajstić information content (AvgIpc) is 3.20. The number of benzene rings is 2. The molecule has 0 aliphatic heterocycles. The zero-order valence-electron chi connectivity index (χ0n) is 15.1. The molecule has 0 bridgehead atoms. The van der Waals surface area contributed by atoms with E-state index in [1.54, 1.807) is 36.4 Å². The van der Waals surface area contributed by atoms with Crippen molar-refractivity contribution in [3.05, 3.63) is 82.7 Å². The van der Waals surface area contributed by atoms with Crippen molar-refractivity contribution in [1.29, 1.82) is 5.26 Å². The number of hydrogen-bond donors (Lipinski definition) is 0. The number of rotatable bonds is 5. The standard InChI is InChI=1S/C21H14FNO5S/c1-27-21(24)19-5-3-2-4-18(19)20-11-8-15(28-20)12-17(13-23)29(25,26)16-9-6-14(22)7-10-16/h2-12H,1H3/b17-12-. The number of esters is 1. The summed E-state index contributed by atoms with van der Waals surface area (Å²) in [6.45, 7) is 0. The molecule has 6 nitrogen and oxygen atoms in total. The summed E-state index contributed by atoms with van der Waals surface area (Å²) >= 11 is 0. The number of sulfone groups is 1. The van der Waals surface area contributed by atoms with Crippen LogP contribution in [0.2, 0.25) is 0 Å². The van der Waals surface area contributed by atoms with Gasteiger partial charge < -0.3 is 9.15 Å². The molecule has 0 aliphatic carbocycles. The van der Waals surface area contributed by atoms with Gasteiger partial charge in [0.1, 0.15) is 23.4 Å². The van der Waals surface area contributed by atoms with Gasteiger partial charge in [-0.3, -0.25) is 0 Å². The van der Waals surface area contributed by atoms with E-state index in [0.717, 1.165) is 30.3 Å². The monoisotopic (exact) mass is 411 g/mol. The Hall–Kier alpha value is -3.70. The van der Waals surface area contributed by atoms with E-state index >= 15 is 0 Å². The largest absolute Gasteiger partial charge is 0.465 e. The molecular weight excluding hydrogens is 397 g/mol. The molecule has 1 aromatic heterocycles. The maximum Gasteiger partial charge on any atom is 0.338 e. The molecule has 3 aromatic rings. The van der Waals surface area contributed by atoms with Crippen LogP contribution in [0.4, 0.5) is 4.39 Å². The Morgan fingerprint density at radius 3 is 2.45 bits per heavy atom. The van der Waals surface area contributed by atoms with E-state index < -0.39 is 26.5 Å². The van der Waals surface area contributed by atoms with Crippen LogP contribution >= 0.6 is 0 Å². The third kappa shape index (κ3) is 4.10. The summed E-state index contributed by atoms with van der Waals surface area (Å²) in [7, 11) is -2.89. The van der Waals surface area contributed by atoms with Crippen LogP contribution < -0.4 is 0 Å². The number of hydrogen-bond acceptors (Lipinski definition) is 6. The van der Waals surface area contributed by atoms with Gasteiger partial charge in [-0.2, -0.15) is 5.26 Å². The molecule has 29 heavy (non-hydrogen) atoms. The molecule has 146 valence electrons. The second kappa shape index (κ2) is 8.12. The molecule has 0 N–H and O–H groups in total. The molecule has 0 fully saturated rings. The Kier molecular flexibility index (Phi) is 5.61. The molecule has 0 aliphatic rings. The van der Waals surface area contributed by atoms with E-state index in [9.17, 15) is 22.9 Å². The van der Waals surface area contributed by atoms with E-state index in [1.807, 2.05) is 0 Å². The Balaban J connectivity index is 2.00. The topological polar surface area (TPSA) is 97.4 Å². The number of carbonyl (C=O) groups is 1. The van der Waals surface area contributed by atoms with Crippen LogP contribution in [0.1, 0.15) is 16.1 Å². The number of carbonyl (C=O) groups excluding carboxylic acids is 1. The number of ether oxygens (including phenoxy) is 1. The molecule has 0 saturated heterocycles. The maximum absolute atomic E-state index is 13.1. The third-order valence-corrected chi connectivity index (χ3v) is 5.70. The highest BCUT2D eigenvalue weighted by atomic mass is 32.2. The number of nitrogens with zero attached hydrogens (tertiary/aromatic N) is 1. The Morgan fingerprint density at radius 1 is 1.10 bits per heavy atom. The fraction of sp³-hybridized carbons (Fsp3) is 0.0476. The van der Waals surface area contributed by atoms with Gasteiger partial charge in [0.15, 0.2) is 4.91 Å². The van der Waals surface area contributed by atoms with Crippen molar-refractivity contribution in [2.24, 2.45) is 0 Å². The summed E-state index contributed by atoms with van der Waals surface area (Å²) in [6.07, 6.45) is 1.07. The van der Waals surface area contributed by atoms with Crippen LogP contribution in [0.25, 0.3) is 17.4 Å². The first-order chi connectivity index (χ1) is 13.9. The molecule has 8 heteroatoms. The van der Waals surface area contributed by atoms with Gasteiger partial charge in [0.05, 0.1) is 17.6 Å². The number of nitriles is 1. The average molecular weight is 411 g/mol. The number of furan rings is 1. The van der Waals surface area contributed by atoms with Crippen LogP contribution in [-0.4, -0.2) is 21.5 Å². The van der Waals surface area contributed by atoms with Crippen molar-refractivity contribution in [2.45, 2.75) is 4.90 Å². The quantitative estimate of drug-likeness (QED) is 0.354. The summed E-state index contributed by atoms with van der Waals surface area (Å²) in [4.78, 5) is 11.1. The lowest BCUT2D eigenvalue weighted by atomic mass is 10.1. The second-order valence-electron chi connectivity index (χ2n) is 5.82. The van der Waals surface area contributed by atoms with E-state index in [4.69, 9.17) is 9.15 Å². The normalized spacial score (nSPS) is 11.7. The minimum atomic E-state index is -4.15. The Morgan fingerprint density at radius 2 is 1.79 bits per heavy atom. The van der Waals surface area contributed by atoms with Gasteiger partial charge in [-0.15, -0.1) is 0 Å². The van der Waals surface area contributed by atoms with Gasteiger partial charge in [-0.25, -0.2) is 17.6 Å². The van der Waals surface area contributed by atoms with Crippen molar-refractivity contribution < 1.29 is 26.8 Å². The fourth-order valence-electron chi connectivity index (χ4n) is 2.60. The molecule has 0 atom stereocenters. The van der Waals surface area contributed by atoms with E-state index in [1.165, 1.54) is 13.2 Å². The van der Waals surface area contributed by atoms with Gasteiger partial charge >= 0.3 is 5.97 Å².